The van der Waals surface area contributed by atoms with Crippen LogP contribution in [0.1, 0.15) is 17.0 Å². The molecule has 0 amide bonds. The smallest absolute Gasteiger partial charge is 0.131 e. The zero-order valence-corrected chi connectivity index (χ0v) is 11.5. The summed E-state index contributed by atoms with van der Waals surface area (Å²) in [5, 5.41) is 8.89. The standard InChI is InChI=1S/C17H13N3O/c1-21-14-6-2-12(3-7-14)5-9-17-19-15-8-4-13(11-18)10-16(15)20-17/h2-10H,1H3,(H,19,20)/b9-5+. The first-order valence-corrected chi connectivity index (χ1v) is 6.50. The fraction of sp³-hybridized carbons (Fsp3) is 0.0588. The summed E-state index contributed by atoms with van der Waals surface area (Å²) in [6.45, 7) is 0. The molecule has 0 aliphatic rings. The van der Waals surface area contributed by atoms with Crippen molar-refractivity contribution in [2.45, 2.75) is 0 Å². The van der Waals surface area contributed by atoms with Gasteiger partial charge in [-0.25, -0.2) is 4.98 Å². The number of nitrogens with one attached hydrogen (secondary N) is 1. The van der Waals surface area contributed by atoms with Crippen LogP contribution in [0.2, 0.25) is 0 Å². The van der Waals surface area contributed by atoms with E-state index in [9.17, 15) is 0 Å². The molecule has 102 valence electrons. The van der Waals surface area contributed by atoms with E-state index in [2.05, 4.69) is 16.0 Å². The van der Waals surface area contributed by atoms with Crippen molar-refractivity contribution in [3.63, 3.8) is 0 Å². The summed E-state index contributed by atoms with van der Waals surface area (Å²) in [6.07, 6.45) is 3.89. The van der Waals surface area contributed by atoms with Gasteiger partial charge in [0.15, 0.2) is 0 Å². The Labute approximate surface area is 122 Å². The van der Waals surface area contributed by atoms with Gasteiger partial charge in [-0.05, 0) is 42.0 Å². The number of hydrogen-bond donors (Lipinski definition) is 1. The molecule has 1 heterocycles. The van der Waals surface area contributed by atoms with Gasteiger partial charge < -0.3 is 9.72 Å². The Morgan fingerprint density at radius 2 is 1.95 bits per heavy atom. The van der Waals surface area contributed by atoms with E-state index in [1.165, 1.54) is 0 Å². The van der Waals surface area contributed by atoms with E-state index in [0.29, 0.717) is 5.56 Å². The predicted octanol–water partition coefficient (Wildman–Crippen LogP) is 3.61. The molecule has 4 nitrogen and oxygen atoms in total. The first-order chi connectivity index (χ1) is 10.3. The molecule has 1 N–H and O–H groups in total. The maximum atomic E-state index is 8.89. The van der Waals surface area contributed by atoms with Crippen LogP contribution in [0.5, 0.6) is 5.75 Å². The van der Waals surface area contributed by atoms with Crippen molar-refractivity contribution in [1.82, 2.24) is 9.97 Å². The van der Waals surface area contributed by atoms with E-state index in [1.807, 2.05) is 42.5 Å². The molecule has 21 heavy (non-hydrogen) atoms. The molecule has 0 fully saturated rings. The van der Waals surface area contributed by atoms with Gasteiger partial charge in [0, 0.05) is 0 Å². The van der Waals surface area contributed by atoms with E-state index in [1.54, 1.807) is 19.2 Å². The highest BCUT2D eigenvalue weighted by atomic mass is 16.5. The number of nitrogens with zero attached hydrogens (tertiary/aromatic N) is 2. The molecular weight excluding hydrogens is 262 g/mol. The topological polar surface area (TPSA) is 61.7 Å². The fourth-order valence-corrected chi connectivity index (χ4v) is 2.07. The highest BCUT2D eigenvalue weighted by Gasteiger charge is 2.01. The summed E-state index contributed by atoms with van der Waals surface area (Å²) in [5.41, 5.74) is 3.40. The third-order valence-electron chi connectivity index (χ3n) is 3.18. The van der Waals surface area contributed by atoms with E-state index < -0.39 is 0 Å². The molecule has 0 aliphatic heterocycles. The molecule has 0 unspecified atom stereocenters. The van der Waals surface area contributed by atoms with Gasteiger partial charge in [0.2, 0.25) is 0 Å². The summed E-state index contributed by atoms with van der Waals surface area (Å²) in [5.74, 6) is 1.59. The molecule has 1 aromatic heterocycles. The van der Waals surface area contributed by atoms with Crippen LogP contribution < -0.4 is 4.74 Å². The van der Waals surface area contributed by atoms with Crippen molar-refractivity contribution in [2.24, 2.45) is 0 Å². The molecule has 4 heteroatoms. The van der Waals surface area contributed by atoms with Crippen LogP contribution >= 0.6 is 0 Å². The van der Waals surface area contributed by atoms with E-state index in [0.717, 1.165) is 28.2 Å². The first-order valence-electron chi connectivity index (χ1n) is 6.50. The summed E-state index contributed by atoms with van der Waals surface area (Å²) in [7, 11) is 1.65. The Bertz CT molecular complexity index is 839. The van der Waals surface area contributed by atoms with Crippen molar-refractivity contribution in [3.05, 3.63) is 59.4 Å². The van der Waals surface area contributed by atoms with Crippen molar-refractivity contribution in [1.29, 1.82) is 5.26 Å². The third-order valence-corrected chi connectivity index (χ3v) is 3.18. The Morgan fingerprint density at radius 1 is 1.14 bits per heavy atom. The highest BCUT2D eigenvalue weighted by Crippen LogP contribution is 2.16. The van der Waals surface area contributed by atoms with Crippen molar-refractivity contribution < 1.29 is 4.74 Å². The van der Waals surface area contributed by atoms with Gasteiger partial charge in [0.05, 0.1) is 29.8 Å². The second-order valence-electron chi connectivity index (χ2n) is 4.57. The van der Waals surface area contributed by atoms with Gasteiger partial charge in [-0.3, -0.25) is 0 Å². The average Bonchev–Trinajstić information content (AvgIpc) is 2.95. The largest absolute Gasteiger partial charge is 0.497 e. The molecule has 0 spiro atoms. The average molecular weight is 275 g/mol. The van der Waals surface area contributed by atoms with Crippen molar-refractivity contribution in [3.8, 4) is 11.8 Å². The van der Waals surface area contributed by atoms with Gasteiger partial charge in [-0.15, -0.1) is 0 Å². The number of fused-ring (bicyclic) bond motifs is 1. The normalized spacial score (nSPS) is 10.9. The minimum Gasteiger partial charge on any atom is -0.497 e. The summed E-state index contributed by atoms with van der Waals surface area (Å²) in [4.78, 5) is 7.65. The van der Waals surface area contributed by atoms with E-state index in [-0.39, 0.29) is 0 Å². The van der Waals surface area contributed by atoms with Gasteiger partial charge in [-0.1, -0.05) is 18.2 Å². The quantitative estimate of drug-likeness (QED) is 0.794. The van der Waals surface area contributed by atoms with Gasteiger partial charge in [-0.2, -0.15) is 5.26 Å². The Hall–Kier alpha value is -3.06. The van der Waals surface area contributed by atoms with Crippen LogP contribution in [-0.4, -0.2) is 17.1 Å². The van der Waals surface area contributed by atoms with Crippen LogP contribution in [0.3, 0.4) is 0 Å². The number of benzene rings is 2. The first kappa shape index (κ1) is 12.9. The number of aromatic nitrogens is 2. The number of H-pyrrole nitrogens is 1. The van der Waals surface area contributed by atoms with Crippen LogP contribution in [0.4, 0.5) is 0 Å². The highest BCUT2D eigenvalue weighted by molar-refractivity contribution is 5.80. The molecule has 3 rings (SSSR count). The number of rotatable bonds is 3. The number of aromatic amines is 1. The van der Waals surface area contributed by atoms with Crippen LogP contribution in [0.15, 0.2) is 42.5 Å². The van der Waals surface area contributed by atoms with Crippen LogP contribution in [0, 0.1) is 11.3 Å². The minimum atomic E-state index is 0.622. The lowest BCUT2D eigenvalue weighted by Gasteiger charge is -1.98. The molecule has 2 aromatic carbocycles. The number of ether oxygens (including phenoxy) is 1. The summed E-state index contributed by atoms with van der Waals surface area (Å²) in [6, 6.07) is 15.3. The predicted molar refractivity (Wildman–Crippen MR) is 82.7 cm³/mol. The Balaban J connectivity index is 1.86. The van der Waals surface area contributed by atoms with Crippen molar-refractivity contribution in [2.75, 3.05) is 7.11 Å². The number of hydrogen-bond acceptors (Lipinski definition) is 3. The number of imidazole rings is 1. The number of methoxy groups -OCH3 is 1. The summed E-state index contributed by atoms with van der Waals surface area (Å²) >= 11 is 0. The number of nitriles is 1. The van der Waals surface area contributed by atoms with Crippen molar-refractivity contribution >= 4 is 23.2 Å². The van der Waals surface area contributed by atoms with E-state index >= 15 is 0 Å². The monoisotopic (exact) mass is 275 g/mol. The molecular formula is C17H13N3O. The lowest BCUT2D eigenvalue weighted by atomic mass is 10.2. The van der Waals surface area contributed by atoms with Crippen LogP contribution in [-0.2, 0) is 0 Å². The molecule has 3 aromatic rings. The molecule has 0 saturated heterocycles. The maximum Gasteiger partial charge on any atom is 0.131 e. The molecule has 0 radical (unpaired) electrons. The van der Waals surface area contributed by atoms with E-state index in [4.69, 9.17) is 10.00 Å². The SMILES string of the molecule is COc1ccc(/C=C/c2nc3ccc(C#N)cc3[nH]2)cc1. The minimum absolute atomic E-state index is 0.622. The third kappa shape index (κ3) is 2.77. The fourth-order valence-electron chi connectivity index (χ4n) is 2.07. The lowest BCUT2D eigenvalue weighted by Crippen LogP contribution is -1.81. The van der Waals surface area contributed by atoms with Gasteiger partial charge in [0.1, 0.15) is 11.6 Å². The van der Waals surface area contributed by atoms with Gasteiger partial charge >= 0.3 is 0 Å². The Kier molecular flexibility index (Phi) is 3.40. The molecule has 0 aliphatic carbocycles. The van der Waals surface area contributed by atoms with Crippen LogP contribution in [0.25, 0.3) is 23.2 Å². The maximum absolute atomic E-state index is 8.89. The molecule has 0 atom stereocenters. The lowest BCUT2D eigenvalue weighted by molar-refractivity contribution is 0.415. The molecule has 0 saturated carbocycles. The Morgan fingerprint density at radius 3 is 2.67 bits per heavy atom. The zero-order chi connectivity index (χ0) is 14.7. The zero-order valence-electron chi connectivity index (χ0n) is 11.5. The summed E-state index contributed by atoms with van der Waals surface area (Å²) < 4.78 is 5.12. The second-order valence-corrected chi connectivity index (χ2v) is 4.57. The second kappa shape index (κ2) is 5.51. The molecule has 0 bridgehead atoms. The van der Waals surface area contributed by atoms with Gasteiger partial charge in [0.25, 0.3) is 0 Å².